The summed E-state index contributed by atoms with van der Waals surface area (Å²) in [5, 5.41) is 5.39. The van der Waals surface area contributed by atoms with Gasteiger partial charge < -0.3 is 4.90 Å². The number of hydrogen-bond donors (Lipinski definition) is 0. The van der Waals surface area contributed by atoms with Crippen LogP contribution in [0.5, 0.6) is 0 Å². The molecule has 1 unspecified atom stereocenters. The van der Waals surface area contributed by atoms with Gasteiger partial charge in [-0.1, -0.05) is 0 Å². The molecule has 1 aliphatic heterocycles. The van der Waals surface area contributed by atoms with Crippen molar-refractivity contribution in [3.8, 4) is 0 Å². The molecule has 1 fully saturated rings. The summed E-state index contributed by atoms with van der Waals surface area (Å²) in [5.41, 5.74) is 0.889. The summed E-state index contributed by atoms with van der Waals surface area (Å²) in [4.78, 5) is 15.1. The average molecular weight is 266 g/mol. The quantitative estimate of drug-likeness (QED) is 0.706. The van der Waals surface area contributed by atoms with E-state index in [-0.39, 0.29) is 0 Å². The summed E-state index contributed by atoms with van der Waals surface area (Å²) in [6.07, 6.45) is 10.1. The van der Waals surface area contributed by atoms with Gasteiger partial charge in [-0.3, -0.25) is 9.67 Å². The molecule has 0 amide bonds. The van der Waals surface area contributed by atoms with Gasteiger partial charge in [0.1, 0.15) is 12.1 Å². The molecule has 0 saturated carbocycles. The van der Waals surface area contributed by atoms with Crippen molar-refractivity contribution in [1.82, 2.24) is 24.7 Å². The first-order chi connectivity index (χ1) is 9.92. The molecule has 1 saturated heterocycles. The second-order valence-electron chi connectivity index (χ2n) is 4.96. The fourth-order valence-corrected chi connectivity index (χ4v) is 2.79. The summed E-state index contributed by atoms with van der Waals surface area (Å²) < 4.78 is 2.03. The molecule has 6 heteroatoms. The van der Waals surface area contributed by atoms with Crippen LogP contribution in [-0.4, -0.2) is 37.8 Å². The number of hydrogen-bond acceptors (Lipinski definition) is 5. The lowest BCUT2D eigenvalue weighted by Gasteiger charge is -2.18. The molecule has 3 aromatic rings. The van der Waals surface area contributed by atoms with E-state index in [2.05, 4.69) is 25.0 Å². The Balaban J connectivity index is 1.68. The van der Waals surface area contributed by atoms with Crippen molar-refractivity contribution in [3.05, 3.63) is 43.2 Å². The van der Waals surface area contributed by atoms with Crippen LogP contribution in [0.4, 0.5) is 5.82 Å². The van der Waals surface area contributed by atoms with E-state index in [0.29, 0.717) is 6.04 Å². The van der Waals surface area contributed by atoms with Gasteiger partial charge in [-0.15, -0.1) is 0 Å². The number of rotatable bonds is 2. The molecular formula is C14H14N6. The van der Waals surface area contributed by atoms with E-state index in [1.165, 1.54) is 0 Å². The molecule has 1 aliphatic rings. The Kier molecular flexibility index (Phi) is 2.58. The van der Waals surface area contributed by atoms with Crippen molar-refractivity contribution in [2.75, 3.05) is 18.0 Å². The van der Waals surface area contributed by atoms with Crippen molar-refractivity contribution >= 4 is 16.7 Å². The molecule has 1 atom stereocenters. The molecular weight excluding hydrogens is 252 g/mol. The smallest absolute Gasteiger partial charge is 0.140 e. The Hall–Kier alpha value is -2.50. The third-order valence-electron chi connectivity index (χ3n) is 3.78. The first-order valence-electron chi connectivity index (χ1n) is 6.70. The first-order valence-corrected chi connectivity index (χ1v) is 6.70. The van der Waals surface area contributed by atoms with Gasteiger partial charge in [0.2, 0.25) is 0 Å². The standard InChI is InChI=1S/C14H14N6/c1-4-18-20(6-1)11-3-7-19(9-11)14-12-2-5-15-8-13(12)16-10-17-14/h1-2,4-6,8,10-11H,3,7,9H2. The Morgan fingerprint density at radius 2 is 2.20 bits per heavy atom. The van der Waals surface area contributed by atoms with Gasteiger partial charge in [0, 0.05) is 37.1 Å². The van der Waals surface area contributed by atoms with E-state index in [4.69, 9.17) is 0 Å². The van der Waals surface area contributed by atoms with Crippen LogP contribution in [0.1, 0.15) is 12.5 Å². The van der Waals surface area contributed by atoms with Gasteiger partial charge in [-0.25, -0.2) is 9.97 Å². The van der Waals surface area contributed by atoms with E-state index >= 15 is 0 Å². The average Bonchev–Trinajstić information content (AvgIpc) is 3.17. The minimum absolute atomic E-state index is 0.414. The number of fused-ring (bicyclic) bond motifs is 1. The highest BCUT2D eigenvalue weighted by Gasteiger charge is 2.26. The van der Waals surface area contributed by atoms with E-state index in [1.54, 1.807) is 18.7 Å². The maximum absolute atomic E-state index is 4.46. The maximum atomic E-state index is 4.46. The van der Waals surface area contributed by atoms with Gasteiger partial charge in [-0.05, 0) is 18.6 Å². The molecule has 4 rings (SSSR count). The van der Waals surface area contributed by atoms with Crippen LogP contribution in [0, 0.1) is 0 Å². The third kappa shape index (κ3) is 1.80. The monoisotopic (exact) mass is 266 g/mol. The predicted molar refractivity (Wildman–Crippen MR) is 75.4 cm³/mol. The Morgan fingerprint density at radius 1 is 1.20 bits per heavy atom. The van der Waals surface area contributed by atoms with Crippen LogP contribution in [0.15, 0.2) is 43.2 Å². The van der Waals surface area contributed by atoms with Gasteiger partial charge in [0.25, 0.3) is 0 Å². The molecule has 4 heterocycles. The molecule has 0 aromatic carbocycles. The molecule has 6 nitrogen and oxygen atoms in total. The van der Waals surface area contributed by atoms with E-state index in [0.717, 1.165) is 36.2 Å². The minimum Gasteiger partial charge on any atom is -0.354 e. The van der Waals surface area contributed by atoms with Crippen molar-refractivity contribution in [1.29, 1.82) is 0 Å². The third-order valence-corrected chi connectivity index (χ3v) is 3.78. The topological polar surface area (TPSA) is 59.7 Å². The summed E-state index contributed by atoms with van der Waals surface area (Å²) in [6.45, 7) is 1.91. The SMILES string of the molecule is c1cnn(C2CCN(c3ncnc4cnccc34)C2)c1. The molecule has 0 spiro atoms. The van der Waals surface area contributed by atoms with Crippen molar-refractivity contribution in [2.24, 2.45) is 0 Å². The highest BCUT2D eigenvalue weighted by molar-refractivity contribution is 5.88. The molecule has 0 bridgehead atoms. The fraction of sp³-hybridized carbons (Fsp3) is 0.286. The zero-order valence-electron chi connectivity index (χ0n) is 10.9. The second-order valence-corrected chi connectivity index (χ2v) is 4.96. The van der Waals surface area contributed by atoms with Crippen LogP contribution in [-0.2, 0) is 0 Å². The van der Waals surface area contributed by atoms with Crippen molar-refractivity contribution in [2.45, 2.75) is 12.5 Å². The van der Waals surface area contributed by atoms with Crippen molar-refractivity contribution < 1.29 is 0 Å². The fourth-order valence-electron chi connectivity index (χ4n) is 2.79. The predicted octanol–water partition coefficient (Wildman–Crippen LogP) is 1.67. The molecule has 100 valence electrons. The Bertz CT molecular complexity index is 718. The van der Waals surface area contributed by atoms with Gasteiger partial charge in [0.15, 0.2) is 0 Å². The lowest BCUT2D eigenvalue weighted by atomic mass is 10.2. The highest BCUT2D eigenvalue weighted by Crippen LogP contribution is 2.29. The molecule has 0 N–H and O–H groups in total. The maximum Gasteiger partial charge on any atom is 0.140 e. The van der Waals surface area contributed by atoms with Crippen LogP contribution in [0.2, 0.25) is 0 Å². The lowest BCUT2D eigenvalue weighted by molar-refractivity contribution is 0.494. The number of anilines is 1. The van der Waals surface area contributed by atoms with Gasteiger partial charge >= 0.3 is 0 Å². The minimum atomic E-state index is 0.414. The van der Waals surface area contributed by atoms with E-state index in [1.807, 2.05) is 29.2 Å². The molecule has 0 radical (unpaired) electrons. The lowest BCUT2D eigenvalue weighted by Crippen LogP contribution is -2.22. The number of nitrogens with zero attached hydrogens (tertiary/aromatic N) is 6. The van der Waals surface area contributed by atoms with Crippen LogP contribution >= 0.6 is 0 Å². The number of pyridine rings is 1. The molecule has 3 aromatic heterocycles. The Labute approximate surface area is 116 Å². The Morgan fingerprint density at radius 3 is 3.10 bits per heavy atom. The van der Waals surface area contributed by atoms with E-state index in [9.17, 15) is 0 Å². The van der Waals surface area contributed by atoms with Gasteiger partial charge in [0.05, 0.1) is 17.8 Å². The summed E-state index contributed by atoms with van der Waals surface area (Å²) in [7, 11) is 0. The number of aromatic nitrogens is 5. The van der Waals surface area contributed by atoms with Crippen LogP contribution < -0.4 is 4.90 Å². The normalized spacial score (nSPS) is 18.8. The summed E-state index contributed by atoms with van der Waals surface area (Å²) in [5.74, 6) is 0.993. The van der Waals surface area contributed by atoms with E-state index < -0.39 is 0 Å². The molecule has 20 heavy (non-hydrogen) atoms. The van der Waals surface area contributed by atoms with Crippen LogP contribution in [0.25, 0.3) is 10.9 Å². The first kappa shape index (κ1) is 11.3. The highest BCUT2D eigenvalue weighted by atomic mass is 15.3. The molecule has 0 aliphatic carbocycles. The zero-order chi connectivity index (χ0) is 13.4. The van der Waals surface area contributed by atoms with Crippen LogP contribution in [0.3, 0.4) is 0 Å². The second kappa shape index (κ2) is 4.56. The summed E-state index contributed by atoms with van der Waals surface area (Å²) in [6, 6.07) is 4.36. The van der Waals surface area contributed by atoms with Crippen molar-refractivity contribution in [3.63, 3.8) is 0 Å². The largest absolute Gasteiger partial charge is 0.354 e. The van der Waals surface area contributed by atoms with Gasteiger partial charge in [-0.2, -0.15) is 5.10 Å². The zero-order valence-corrected chi connectivity index (χ0v) is 10.9. The summed E-state index contributed by atoms with van der Waals surface area (Å²) >= 11 is 0.